The Balaban J connectivity index is 2.28. The van der Waals surface area contributed by atoms with E-state index in [0.717, 1.165) is 24.1 Å². The van der Waals surface area contributed by atoms with Crippen LogP contribution < -0.4 is 10.6 Å². The van der Waals surface area contributed by atoms with E-state index in [4.69, 9.17) is 4.74 Å². The lowest BCUT2D eigenvalue weighted by Crippen LogP contribution is -2.31. The van der Waals surface area contributed by atoms with Crippen molar-refractivity contribution in [2.45, 2.75) is 19.3 Å². The third-order valence-electron chi connectivity index (χ3n) is 3.38. The van der Waals surface area contributed by atoms with Crippen molar-refractivity contribution in [2.24, 2.45) is 0 Å². The smallest absolute Gasteiger partial charge is 0.239 e. The molecule has 1 aromatic rings. The molecule has 2 N–H and O–H groups in total. The summed E-state index contributed by atoms with van der Waals surface area (Å²) in [5.41, 5.74) is 1.99. The molecule has 0 bridgehead atoms. The number of nitrogens with zero attached hydrogens (tertiary/aromatic N) is 1. The zero-order valence-corrected chi connectivity index (χ0v) is 14.2. The second kappa shape index (κ2) is 10.6. The largest absolute Gasteiger partial charge is 0.385 e. The van der Waals surface area contributed by atoms with Gasteiger partial charge in [-0.05, 0) is 30.5 Å². The summed E-state index contributed by atoms with van der Waals surface area (Å²) < 4.78 is 4.92. The lowest BCUT2D eigenvalue weighted by atomic mass is 10.1. The molecule has 23 heavy (non-hydrogen) atoms. The summed E-state index contributed by atoms with van der Waals surface area (Å²) in [5, 5.41) is 5.90. The fourth-order valence-corrected chi connectivity index (χ4v) is 1.95. The minimum Gasteiger partial charge on any atom is -0.385 e. The van der Waals surface area contributed by atoms with Crippen molar-refractivity contribution in [2.75, 3.05) is 46.2 Å². The van der Waals surface area contributed by atoms with Crippen LogP contribution in [0.1, 0.15) is 18.4 Å². The summed E-state index contributed by atoms with van der Waals surface area (Å²) in [6.07, 6.45) is 2.03. The maximum Gasteiger partial charge on any atom is 0.239 e. The molecule has 0 atom stereocenters. The van der Waals surface area contributed by atoms with Crippen LogP contribution in [0.15, 0.2) is 24.3 Å². The summed E-state index contributed by atoms with van der Waals surface area (Å²) in [5.74, 6) is 0.0825. The van der Waals surface area contributed by atoms with Crippen molar-refractivity contribution in [3.63, 3.8) is 0 Å². The molecule has 0 aromatic heterocycles. The summed E-state index contributed by atoms with van der Waals surface area (Å²) >= 11 is 0. The number of anilines is 1. The number of rotatable bonds is 10. The third-order valence-corrected chi connectivity index (χ3v) is 3.38. The van der Waals surface area contributed by atoms with Crippen LogP contribution in [0.4, 0.5) is 5.69 Å². The zero-order chi connectivity index (χ0) is 17.1. The van der Waals surface area contributed by atoms with E-state index < -0.39 is 0 Å². The lowest BCUT2D eigenvalue weighted by Gasteiger charge is -2.10. The number of aryl methyl sites for hydroxylation is 1. The number of hydrogen-bond acceptors (Lipinski definition) is 4. The molecule has 0 unspecified atom stereocenters. The van der Waals surface area contributed by atoms with Gasteiger partial charge in [0.1, 0.15) is 0 Å². The van der Waals surface area contributed by atoms with Gasteiger partial charge in [-0.3, -0.25) is 9.59 Å². The van der Waals surface area contributed by atoms with Crippen LogP contribution in [0.5, 0.6) is 0 Å². The van der Waals surface area contributed by atoms with Crippen LogP contribution in [0.25, 0.3) is 0 Å². The Morgan fingerprint density at radius 1 is 1.17 bits per heavy atom. The summed E-state index contributed by atoms with van der Waals surface area (Å²) in [6, 6.07) is 7.80. The molecule has 0 spiro atoms. The van der Waals surface area contributed by atoms with Gasteiger partial charge < -0.3 is 20.3 Å². The highest BCUT2D eigenvalue weighted by Crippen LogP contribution is 2.11. The van der Waals surface area contributed by atoms with Crippen molar-refractivity contribution in [3.05, 3.63) is 29.8 Å². The number of benzene rings is 1. The molecule has 2 amide bonds. The van der Waals surface area contributed by atoms with Gasteiger partial charge >= 0.3 is 0 Å². The normalized spacial score (nSPS) is 10.2. The van der Waals surface area contributed by atoms with Crippen molar-refractivity contribution in [1.82, 2.24) is 10.2 Å². The molecular formula is C17H27N3O3. The monoisotopic (exact) mass is 321 g/mol. The molecular weight excluding hydrogens is 294 g/mol. The third kappa shape index (κ3) is 8.21. The quantitative estimate of drug-likeness (QED) is 0.637. The summed E-state index contributed by atoms with van der Waals surface area (Å²) in [7, 11) is 5.16. The zero-order valence-electron chi connectivity index (χ0n) is 14.2. The Hall–Kier alpha value is -2.08. The molecule has 0 saturated carbocycles. The van der Waals surface area contributed by atoms with E-state index in [-0.39, 0.29) is 18.4 Å². The molecule has 128 valence electrons. The van der Waals surface area contributed by atoms with Crippen LogP contribution in [0, 0.1) is 0 Å². The van der Waals surface area contributed by atoms with Gasteiger partial charge in [-0.2, -0.15) is 0 Å². The summed E-state index contributed by atoms with van der Waals surface area (Å²) in [6.45, 7) is 1.50. The number of carbonyl (C=O) groups is 2. The van der Waals surface area contributed by atoms with E-state index >= 15 is 0 Å². The van der Waals surface area contributed by atoms with Crippen LogP contribution in [-0.2, 0) is 20.7 Å². The van der Waals surface area contributed by atoms with Gasteiger partial charge in [-0.15, -0.1) is 0 Å². The SMILES string of the molecule is COCCCNC(=O)CNc1ccc(CCC(=O)N(C)C)cc1. The van der Waals surface area contributed by atoms with Gasteiger partial charge in [-0.1, -0.05) is 12.1 Å². The first-order chi connectivity index (χ1) is 11.0. The molecule has 1 aromatic carbocycles. The van der Waals surface area contributed by atoms with Gasteiger partial charge in [0.15, 0.2) is 0 Å². The summed E-state index contributed by atoms with van der Waals surface area (Å²) in [4.78, 5) is 24.8. The number of nitrogens with one attached hydrogen (secondary N) is 2. The molecule has 0 aliphatic carbocycles. The standard InChI is InChI=1S/C17H27N3O3/c1-20(2)17(22)10-7-14-5-8-15(9-6-14)19-13-16(21)18-11-4-12-23-3/h5-6,8-9,19H,4,7,10-13H2,1-3H3,(H,18,21). The molecule has 0 aliphatic heterocycles. The average Bonchev–Trinajstić information content (AvgIpc) is 2.55. The maximum atomic E-state index is 11.6. The minimum absolute atomic E-state index is 0.0400. The Morgan fingerprint density at radius 3 is 2.48 bits per heavy atom. The first kappa shape index (κ1) is 19.0. The highest BCUT2D eigenvalue weighted by Gasteiger charge is 2.05. The van der Waals surface area contributed by atoms with Crippen molar-refractivity contribution in [1.29, 1.82) is 0 Å². The Kier molecular flexibility index (Phi) is 8.75. The molecule has 0 radical (unpaired) electrons. The molecule has 0 heterocycles. The van der Waals surface area contributed by atoms with Crippen molar-refractivity contribution >= 4 is 17.5 Å². The number of carbonyl (C=O) groups excluding carboxylic acids is 2. The number of ether oxygens (including phenoxy) is 1. The topological polar surface area (TPSA) is 70.7 Å². The van der Waals surface area contributed by atoms with Gasteiger partial charge in [0.25, 0.3) is 0 Å². The first-order valence-electron chi connectivity index (χ1n) is 7.81. The Labute approximate surface area is 138 Å². The first-order valence-corrected chi connectivity index (χ1v) is 7.81. The van der Waals surface area contributed by atoms with Crippen LogP contribution >= 0.6 is 0 Å². The molecule has 0 aliphatic rings. The van der Waals surface area contributed by atoms with Crippen molar-refractivity contribution < 1.29 is 14.3 Å². The average molecular weight is 321 g/mol. The maximum absolute atomic E-state index is 11.6. The predicted octanol–water partition coefficient (Wildman–Crippen LogP) is 1.27. The van der Waals surface area contributed by atoms with E-state index in [9.17, 15) is 9.59 Å². The Morgan fingerprint density at radius 2 is 1.87 bits per heavy atom. The molecule has 0 fully saturated rings. The number of methoxy groups -OCH3 is 1. The highest BCUT2D eigenvalue weighted by atomic mass is 16.5. The van der Waals surface area contributed by atoms with E-state index in [2.05, 4.69) is 10.6 Å². The van der Waals surface area contributed by atoms with Gasteiger partial charge in [0.2, 0.25) is 11.8 Å². The predicted molar refractivity (Wildman–Crippen MR) is 91.4 cm³/mol. The molecule has 6 nitrogen and oxygen atoms in total. The molecule has 1 rings (SSSR count). The second-order valence-electron chi connectivity index (χ2n) is 5.53. The van der Waals surface area contributed by atoms with E-state index in [0.29, 0.717) is 19.6 Å². The van der Waals surface area contributed by atoms with E-state index in [1.54, 1.807) is 26.1 Å². The fraction of sp³-hybridized carbons (Fsp3) is 0.529. The van der Waals surface area contributed by atoms with Crippen molar-refractivity contribution in [3.8, 4) is 0 Å². The second-order valence-corrected chi connectivity index (χ2v) is 5.53. The van der Waals surface area contributed by atoms with E-state index in [1.807, 2.05) is 24.3 Å². The number of hydrogen-bond donors (Lipinski definition) is 2. The van der Waals surface area contributed by atoms with Crippen LogP contribution in [0.3, 0.4) is 0 Å². The molecule has 6 heteroatoms. The molecule has 0 saturated heterocycles. The fourth-order valence-electron chi connectivity index (χ4n) is 1.95. The minimum atomic E-state index is -0.0400. The van der Waals surface area contributed by atoms with E-state index in [1.165, 1.54) is 0 Å². The van der Waals surface area contributed by atoms with Crippen LogP contribution in [-0.4, -0.2) is 57.6 Å². The van der Waals surface area contributed by atoms with Gasteiger partial charge in [0, 0.05) is 46.5 Å². The van der Waals surface area contributed by atoms with Gasteiger partial charge in [0.05, 0.1) is 6.54 Å². The highest BCUT2D eigenvalue weighted by molar-refractivity contribution is 5.80. The Bertz CT molecular complexity index is 486. The van der Waals surface area contributed by atoms with Crippen LogP contribution in [0.2, 0.25) is 0 Å². The van der Waals surface area contributed by atoms with Gasteiger partial charge in [-0.25, -0.2) is 0 Å². The number of amides is 2. The lowest BCUT2D eigenvalue weighted by molar-refractivity contribution is -0.128.